The highest BCUT2D eigenvalue weighted by Gasteiger charge is 2.43. The summed E-state index contributed by atoms with van der Waals surface area (Å²) in [5, 5.41) is 3.41. The highest BCUT2D eigenvalue weighted by molar-refractivity contribution is 5.25. The van der Waals surface area contributed by atoms with E-state index in [-0.39, 0.29) is 11.6 Å². The smallest absolute Gasteiger partial charge is 0.222 e. The quantitative estimate of drug-likeness (QED) is 0.923. The van der Waals surface area contributed by atoms with E-state index in [1.54, 1.807) is 12.4 Å². The van der Waals surface area contributed by atoms with E-state index in [1.807, 2.05) is 19.1 Å². The number of hydrogen-bond donors (Lipinski definition) is 1. The van der Waals surface area contributed by atoms with Crippen LogP contribution in [0.15, 0.2) is 36.7 Å². The lowest BCUT2D eigenvalue weighted by Gasteiger charge is -2.39. The summed E-state index contributed by atoms with van der Waals surface area (Å²) in [4.78, 5) is 15.6. The van der Waals surface area contributed by atoms with Crippen molar-refractivity contribution in [2.45, 2.75) is 44.4 Å². The molecule has 2 saturated heterocycles. The minimum atomic E-state index is -0.0471. The molecule has 25 heavy (non-hydrogen) atoms. The van der Waals surface area contributed by atoms with Crippen LogP contribution in [0.4, 0.5) is 5.95 Å². The van der Waals surface area contributed by atoms with Gasteiger partial charge in [0.1, 0.15) is 0 Å². The molecule has 2 aromatic rings. The van der Waals surface area contributed by atoms with Crippen molar-refractivity contribution in [3.8, 4) is 0 Å². The van der Waals surface area contributed by atoms with E-state index in [4.69, 9.17) is 4.74 Å². The molecule has 4 rings (SSSR count). The molecule has 2 aliphatic heterocycles. The highest BCUT2D eigenvalue weighted by atomic mass is 16.5. The molecule has 0 bridgehead atoms. The molecule has 2 atom stereocenters. The first-order valence-corrected chi connectivity index (χ1v) is 9.03. The molecule has 1 N–H and O–H groups in total. The average Bonchev–Trinajstić information content (AvgIpc) is 2.97. The maximum atomic E-state index is 6.28. The normalized spacial score (nSPS) is 26.8. The second-order valence-corrected chi connectivity index (χ2v) is 7.20. The lowest BCUT2D eigenvalue weighted by atomic mass is 9.88. The van der Waals surface area contributed by atoms with Crippen molar-refractivity contribution in [3.05, 3.63) is 48.0 Å². The van der Waals surface area contributed by atoms with Crippen LogP contribution in [0.25, 0.3) is 0 Å². The van der Waals surface area contributed by atoms with Crippen molar-refractivity contribution in [1.82, 2.24) is 19.9 Å². The second kappa shape index (κ2) is 7.06. The largest absolute Gasteiger partial charge is 0.371 e. The molecular formula is C19H25N5O. The van der Waals surface area contributed by atoms with Crippen LogP contribution < -0.4 is 5.32 Å². The van der Waals surface area contributed by atoms with Crippen molar-refractivity contribution < 1.29 is 4.74 Å². The predicted octanol–water partition coefficient (Wildman–Crippen LogP) is 2.42. The first-order valence-electron chi connectivity index (χ1n) is 9.03. The summed E-state index contributed by atoms with van der Waals surface area (Å²) in [6, 6.07) is 8.35. The lowest BCUT2D eigenvalue weighted by Crippen LogP contribution is -2.47. The Labute approximate surface area is 148 Å². The third-order valence-corrected chi connectivity index (χ3v) is 5.06. The van der Waals surface area contributed by atoms with Gasteiger partial charge >= 0.3 is 0 Å². The number of nitrogens with zero attached hydrogens (tertiary/aromatic N) is 4. The zero-order chi connectivity index (χ0) is 17.1. The minimum absolute atomic E-state index is 0.0471. The Hall–Kier alpha value is -2.05. The number of rotatable bonds is 4. The van der Waals surface area contributed by atoms with Gasteiger partial charge in [-0.2, -0.15) is 0 Å². The summed E-state index contributed by atoms with van der Waals surface area (Å²) < 4.78 is 6.28. The molecule has 6 nitrogen and oxygen atoms in total. The molecule has 0 radical (unpaired) electrons. The fourth-order valence-corrected chi connectivity index (χ4v) is 4.02. The summed E-state index contributed by atoms with van der Waals surface area (Å²) in [5.74, 6) is 0.685. The molecule has 1 spiro atoms. The average molecular weight is 339 g/mol. The number of anilines is 1. The van der Waals surface area contributed by atoms with Crippen LogP contribution in [0.1, 0.15) is 30.7 Å². The van der Waals surface area contributed by atoms with E-state index in [0.717, 1.165) is 50.5 Å². The maximum Gasteiger partial charge on any atom is 0.222 e. The molecule has 2 aliphatic rings. The molecule has 0 aliphatic carbocycles. The van der Waals surface area contributed by atoms with Gasteiger partial charge in [0.15, 0.2) is 0 Å². The van der Waals surface area contributed by atoms with Gasteiger partial charge in [-0.15, -0.1) is 0 Å². The van der Waals surface area contributed by atoms with E-state index < -0.39 is 0 Å². The van der Waals surface area contributed by atoms with E-state index in [2.05, 4.69) is 37.3 Å². The van der Waals surface area contributed by atoms with Gasteiger partial charge < -0.3 is 10.1 Å². The molecule has 4 heterocycles. The van der Waals surface area contributed by atoms with Crippen LogP contribution in [0, 0.1) is 6.92 Å². The molecule has 0 saturated carbocycles. The number of nitrogens with one attached hydrogen (secondary N) is 1. The Morgan fingerprint density at radius 2 is 2.16 bits per heavy atom. The second-order valence-electron chi connectivity index (χ2n) is 7.20. The summed E-state index contributed by atoms with van der Waals surface area (Å²) in [6.07, 6.45) is 6.82. The van der Waals surface area contributed by atoms with Crippen LogP contribution >= 0.6 is 0 Å². The van der Waals surface area contributed by atoms with E-state index in [0.29, 0.717) is 5.95 Å². The van der Waals surface area contributed by atoms with E-state index in [9.17, 15) is 0 Å². The van der Waals surface area contributed by atoms with Crippen LogP contribution in [0.3, 0.4) is 0 Å². The fourth-order valence-electron chi connectivity index (χ4n) is 4.02. The van der Waals surface area contributed by atoms with Crippen molar-refractivity contribution >= 4 is 5.95 Å². The molecule has 2 aromatic heterocycles. The standard InChI is InChI=1S/C19H25N5O/c1-15-5-2-6-16(22-15)12-24-10-3-7-19(14-24)11-17(13-25-19)23-18-20-8-4-9-21-18/h2,4-6,8-9,17H,3,7,10-14H2,1H3,(H,20,21,23). The van der Waals surface area contributed by atoms with E-state index >= 15 is 0 Å². The Morgan fingerprint density at radius 1 is 1.28 bits per heavy atom. The van der Waals surface area contributed by atoms with Gasteiger partial charge in [-0.3, -0.25) is 9.88 Å². The molecule has 0 amide bonds. The van der Waals surface area contributed by atoms with Crippen molar-refractivity contribution in [2.75, 3.05) is 25.0 Å². The Balaban J connectivity index is 1.37. The van der Waals surface area contributed by atoms with Crippen LogP contribution in [0.2, 0.25) is 0 Å². The number of aromatic nitrogens is 3. The van der Waals surface area contributed by atoms with Crippen molar-refractivity contribution in [1.29, 1.82) is 0 Å². The van der Waals surface area contributed by atoms with Gasteiger partial charge in [0.2, 0.25) is 5.95 Å². The Morgan fingerprint density at radius 3 is 3.00 bits per heavy atom. The SMILES string of the molecule is Cc1cccc(CN2CCCC3(CC(Nc4ncccn4)CO3)C2)n1. The Kier molecular flexibility index (Phi) is 4.63. The maximum absolute atomic E-state index is 6.28. The summed E-state index contributed by atoms with van der Waals surface area (Å²) in [7, 11) is 0. The number of aryl methyl sites for hydroxylation is 1. The first kappa shape index (κ1) is 16.4. The van der Waals surface area contributed by atoms with Gasteiger partial charge in [0, 0.05) is 37.6 Å². The van der Waals surface area contributed by atoms with E-state index in [1.165, 1.54) is 6.42 Å². The summed E-state index contributed by atoms with van der Waals surface area (Å²) in [6.45, 7) is 5.74. The molecule has 2 unspecified atom stereocenters. The molecule has 0 aromatic carbocycles. The monoisotopic (exact) mass is 339 g/mol. The molecular weight excluding hydrogens is 314 g/mol. The molecule has 2 fully saturated rings. The van der Waals surface area contributed by atoms with Crippen molar-refractivity contribution in [2.24, 2.45) is 0 Å². The molecule has 132 valence electrons. The van der Waals surface area contributed by atoms with Gasteiger partial charge in [0.25, 0.3) is 0 Å². The zero-order valence-electron chi connectivity index (χ0n) is 14.7. The number of likely N-dealkylation sites (tertiary alicyclic amines) is 1. The summed E-state index contributed by atoms with van der Waals surface area (Å²) >= 11 is 0. The van der Waals surface area contributed by atoms with Gasteiger partial charge in [-0.25, -0.2) is 9.97 Å². The number of ether oxygens (including phenoxy) is 1. The summed E-state index contributed by atoms with van der Waals surface area (Å²) in [5.41, 5.74) is 2.17. The van der Waals surface area contributed by atoms with Crippen molar-refractivity contribution in [3.63, 3.8) is 0 Å². The third-order valence-electron chi connectivity index (χ3n) is 5.06. The van der Waals surface area contributed by atoms with Crippen LogP contribution in [-0.2, 0) is 11.3 Å². The minimum Gasteiger partial charge on any atom is -0.371 e. The highest BCUT2D eigenvalue weighted by Crippen LogP contribution is 2.35. The van der Waals surface area contributed by atoms with Crippen LogP contribution in [0.5, 0.6) is 0 Å². The zero-order valence-corrected chi connectivity index (χ0v) is 14.7. The van der Waals surface area contributed by atoms with Gasteiger partial charge in [0.05, 0.1) is 23.9 Å². The first-order chi connectivity index (χ1) is 12.2. The predicted molar refractivity (Wildman–Crippen MR) is 96.2 cm³/mol. The topological polar surface area (TPSA) is 63.2 Å². The van der Waals surface area contributed by atoms with Gasteiger partial charge in [-0.05, 0) is 44.5 Å². The van der Waals surface area contributed by atoms with Crippen LogP contribution in [-0.4, -0.2) is 51.2 Å². The number of hydrogen-bond acceptors (Lipinski definition) is 6. The van der Waals surface area contributed by atoms with Gasteiger partial charge in [-0.1, -0.05) is 6.07 Å². The number of piperidine rings is 1. The lowest BCUT2D eigenvalue weighted by molar-refractivity contribution is -0.0535. The molecule has 6 heteroatoms. The third kappa shape index (κ3) is 3.96. The fraction of sp³-hybridized carbons (Fsp3) is 0.526. The Bertz CT molecular complexity index is 710. The number of pyridine rings is 1.